The van der Waals surface area contributed by atoms with E-state index in [1.54, 1.807) is 18.4 Å². The molecule has 1 N–H and O–H groups in total. The summed E-state index contributed by atoms with van der Waals surface area (Å²) in [5.41, 5.74) is 2.51. The van der Waals surface area contributed by atoms with E-state index in [2.05, 4.69) is 21.6 Å². The van der Waals surface area contributed by atoms with Crippen LogP contribution >= 0.6 is 22.9 Å². The molecule has 3 aromatic rings. The number of carbonyl (C=O) groups excluding carboxylic acids is 1. The summed E-state index contributed by atoms with van der Waals surface area (Å²) in [6, 6.07) is 9.95. The quantitative estimate of drug-likeness (QED) is 0.630. The number of hydrogen-bond acceptors (Lipinski definition) is 4. The summed E-state index contributed by atoms with van der Waals surface area (Å²) in [5.74, 6) is 0.474. The van der Waals surface area contributed by atoms with Crippen LogP contribution in [0.5, 0.6) is 0 Å². The summed E-state index contributed by atoms with van der Waals surface area (Å²) in [4.78, 5) is 13.4. The smallest absolute Gasteiger partial charge is 0.273 e. The van der Waals surface area contributed by atoms with Crippen LogP contribution < -0.4 is 5.32 Å². The van der Waals surface area contributed by atoms with Gasteiger partial charge in [0.05, 0.1) is 10.4 Å². The van der Waals surface area contributed by atoms with Gasteiger partial charge in [-0.25, -0.2) is 0 Å². The molecule has 0 saturated heterocycles. The van der Waals surface area contributed by atoms with Crippen LogP contribution in [0.1, 0.15) is 48.3 Å². The minimum absolute atomic E-state index is 0.193. The molecule has 2 aromatic heterocycles. The highest BCUT2D eigenvalue weighted by atomic mass is 35.5. The number of nitrogens with one attached hydrogen (secondary N) is 1. The minimum Gasteiger partial charge on any atom is -0.354 e. The molecule has 1 saturated carbocycles. The molecule has 4 rings (SSSR count). The molecular formula is C21H22ClN3OS. The van der Waals surface area contributed by atoms with E-state index in [1.807, 2.05) is 24.3 Å². The maximum atomic E-state index is 12.3. The van der Waals surface area contributed by atoms with Gasteiger partial charge in [-0.1, -0.05) is 55.8 Å². The lowest BCUT2D eigenvalue weighted by atomic mass is 9.85. The number of nitrogens with zero attached hydrogens (tertiary/aromatic N) is 2. The maximum absolute atomic E-state index is 12.3. The first-order valence-corrected chi connectivity index (χ1v) is 10.6. The Hall–Kier alpha value is -1.98. The zero-order chi connectivity index (χ0) is 18.8. The van der Waals surface area contributed by atoms with Crippen LogP contribution in [0.2, 0.25) is 5.02 Å². The molecule has 1 fully saturated rings. The molecule has 0 bridgehead atoms. The van der Waals surface area contributed by atoms with Gasteiger partial charge in [-0.15, -0.1) is 16.4 Å². The van der Waals surface area contributed by atoms with E-state index < -0.39 is 0 Å². The predicted molar refractivity (Wildman–Crippen MR) is 112 cm³/mol. The molecule has 27 heavy (non-hydrogen) atoms. The van der Waals surface area contributed by atoms with Crippen molar-refractivity contribution in [3.05, 3.63) is 46.7 Å². The Morgan fingerprint density at radius 3 is 2.63 bits per heavy atom. The molecule has 6 heteroatoms. The molecule has 0 aliphatic heterocycles. The molecule has 1 aromatic carbocycles. The van der Waals surface area contributed by atoms with E-state index in [1.165, 1.54) is 32.1 Å². The van der Waals surface area contributed by atoms with Crippen molar-refractivity contribution in [1.82, 2.24) is 15.5 Å². The van der Waals surface area contributed by atoms with Crippen LogP contribution in [0.3, 0.4) is 0 Å². The Kier molecular flexibility index (Phi) is 5.41. The number of carbonyl (C=O) groups is 1. The molecule has 2 heterocycles. The Bertz CT molecular complexity index is 961. The van der Waals surface area contributed by atoms with E-state index in [9.17, 15) is 4.79 Å². The summed E-state index contributed by atoms with van der Waals surface area (Å²) >= 11 is 7.62. The van der Waals surface area contributed by atoms with Crippen molar-refractivity contribution < 1.29 is 4.79 Å². The van der Waals surface area contributed by atoms with Crippen LogP contribution in [-0.2, 0) is 6.42 Å². The van der Waals surface area contributed by atoms with Crippen molar-refractivity contribution >= 4 is 38.9 Å². The predicted octanol–water partition coefficient (Wildman–Crippen LogP) is 5.49. The number of benzene rings is 1. The Morgan fingerprint density at radius 2 is 1.93 bits per heavy atom. The Morgan fingerprint density at radius 1 is 1.19 bits per heavy atom. The monoisotopic (exact) mass is 399 g/mol. The van der Waals surface area contributed by atoms with Gasteiger partial charge in [0.15, 0.2) is 5.69 Å². The van der Waals surface area contributed by atoms with Gasteiger partial charge in [0.25, 0.3) is 5.91 Å². The van der Waals surface area contributed by atoms with Gasteiger partial charge in [0.2, 0.25) is 0 Å². The van der Waals surface area contributed by atoms with E-state index in [0.29, 0.717) is 16.6 Å². The van der Waals surface area contributed by atoms with Gasteiger partial charge >= 0.3 is 0 Å². The topological polar surface area (TPSA) is 54.9 Å². The first-order chi connectivity index (χ1) is 13.2. The number of aromatic nitrogens is 2. The summed E-state index contributed by atoms with van der Waals surface area (Å²) in [5, 5.41) is 13.2. The first-order valence-electron chi connectivity index (χ1n) is 9.43. The van der Waals surface area contributed by atoms with Crippen molar-refractivity contribution in [2.24, 2.45) is 5.92 Å². The molecule has 1 amide bonds. The zero-order valence-corrected chi connectivity index (χ0v) is 16.9. The van der Waals surface area contributed by atoms with Gasteiger partial charge in [-0.2, -0.15) is 5.10 Å². The second-order valence-corrected chi connectivity index (χ2v) is 8.63. The van der Waals surface area contributed by atoms with Gasteiger partial charge in [0.1, 0.15) is 0 Å². The van der Waals surface area contributed by atoms with Crippen LogP contribution in [0.15, 0.2) is 30.3 Å². The third kappa shape index (κ3) is 3.85. The Balaban J connectivity index is 1.79. The maximum Gasteiger partial charge on any atom is 0.273 e. The summed E-state index contributed by atoms with van der Waals surface area (Å²) in [7, 11) is 1.62. The first kappa shape index (κ1) is 18.4. The molecule has 140 valence electrons. The standard InChI is InChI=1S/C21H22ClN3OS/c1-23-21(26)19-20-16(12-18(27-20)14-7-9-15(22)10-8-14)17(24-25-19)11-13-5-3-2-4-6-13/h7-10,12-13H,2-6,11H2,1H3,(H,23,26). The summed E-state index contributed by atoms with van der Waals surface area (Å²) in [6.07, 6.45) is 7.40. The van der Waals surface area contributed by atoms with Crippen LogP contribution in [0, 0.1) is 5.92 Å². The van der Waals surface area contributed by atoms with Crippen molar-refractivity contribution in [3.63, 3.8) is 0 Å². The van der Waals surface area contributed by atoms with Crippen LogP contribution in [0.25, 0.3) is 20.5 Å². The number of halogens is 1. The summed E-state index contributed by atoms with van der Waals surface area (Å²) in [6.45, 7) is 0. The number of amides is 1. The molecule has 0 atom stereocenters. The minimum atomic E-state index is -0.193. The second-order valence-electron chi connectivity index (χ2n) is 7.14. The van der Waals surface area contributed by atoms with Crippen molar-refractivity contribution in [2.75, 3.05) is 7.05 Å². The third-order valence-electron chi connectivity index (χ3n) is 5.31. The highest BCUT2D eigenvalue weighted by Crippen LogP contribution is 2.38. The van der Waals surface area contributed by atoms with E-state index in [4.69, 9.17) is 11.6 Å². The SMILES string of the molecule is CNC(=O)c1nnc(CC2CCCCC2)c2cc(-c3ccc(Cl)cc3)sc12. The average molecular weight is 400 g/mol. The fourth-order valence-electron chi connectivity index (χ4n) is 3.83. The van der Waals surface area contributed by atoms with Crippen molar-refractivity contribution in [1.29, 1.82) is 0 Å². The van der Waals surface area contributed by atoms with Crippen LogP contribution in [0.4, 0.5) is 0 Å². The lowest BCUT2D eigenvalue weighted by Gasteiger charge is -2.21. The van der Waals surface area contributed by atoms with Crippen molar-refractivity contribution in [2.45, 2.75) is 38.5 Å². The normalized spacial score (nSPS) is 15.2. The molecule has 0 spiro atoms. The second kappa shape index (κ2) is 7.95. The molecule has 4 nitrogen and oxygen atoms in total. The lowest BCUT2D eigenvalue weighted by molar-refractivity contribution is 0.0959. The lowest BCUT2D eigenvalue weighted by Crippen LogP contribution is -2.20. The van der Waals surface area contributed by atoms with Gasteiger partial charge in [0, 0.05) is 22.3 Å². The molecule has 1 aliphatic carbocycles. The molecule has 0 unspecified atom stereocenters. The summed E-state index contributed by atoms with van der Waals surface area (Å²) < 4.78 is 0.917. The van der Waals surface area contributed by atoms with Gasteiger partial charge in [-0.3, -0.25) is 4.79 Å². The molecule has 1 aliphatic rings. The highest BCUT2D eigenvalue weighted by molar-refractivity contribution is 7.22. The number of rotatable bonds is 4. The van der Waals surface area contributed by atoms with Crippen LogP contribution in [-0.4, -0.2) is 23.2 Å². The zero-order valence-electron chi connectivity index (χ0n) is 15.3. The highest BCUT2D eigenvalue weighted by Gasteiger charge is 2.21. The molecule has 0 radical (unpaired) electrons. The number of fused-ring (bicyclic) bond motifs is 1. The van der Waals surface area contributed by atoms with E-state index in [0.717, 1.165) is 32.6 Å². The Labute approximate surface area is 168 Å². The van der Waals surface area contributed by atoms with E-state index >= 15 is 0 Å². The van der Waals surface area contributed by atoms with Gasteiger partial charge < -0.3 is 5.32 Å². The largest absolute Gasteiger partial charge is 0.354 e. The van der Waals surface area contributed by atoms with E-state index in [-0.39, 0.29) is 5.91 Å². The average Bonchev–Trinajstić information content (AvgIpc) is 3.15. The molecular weight excluding hydrogens is 378 g/mol. The third-order valence-corrected chi connectivity index (χ3v) is 6.75. The number of thiophene rings is 1. The fourth-order valence-corrected chi connectivity index (χ4v) is 5.12. The van der Waals surface area contributed by atoms with Gasteiger partial charge in [-0.05, 0) is 36.1 Å². The fraction of sp³-hybridized carbons (Fsp3) is 0.381. The van der Waals surface area contributed by atoms with Crippen molar-refractivity contribution in [3.8, 4) is 10.4 Å². The number of hydrogen-bond donors (Lipinski definition) is 1.